The van der Waals surface area contributed by atoms with Crippen LogP contribution in [0.2, 0.25) is 5.28 Å². The summed E-state index contributed by atoms with van der Waals surface area (Å²) in [5.74, 6) is 2.88. The van der Waals surface area contributed by atoms with Gasteiger partial charge in [0, 0.05) is 17.0 Å². The molecule has 0 amide bonds. The standard InChI is InChI=1S/C19H18ClN5O3S/c1-10-5-12-17(29-10)18(24-19(20)22-12)23-15-8-25(9-21-15)11-6-13(26-2)16(28-4)14(7-11)27-3/h5-9H,1-4H3,(H,22,23,24). The Morgan fingerprint density at radius 3 is 2.41 bits per heavy atom. The second-order valence-corrected chi connectivity index (χ2v) is 7.68. The van der Waals surface area contributed by atoms with Crippen molar-refractivity contribution in [1.29, 1.82) is 0 Å². The molecule has 0 fully saturated rings. The van der Waals surface area contributed by atoms with Crippen LogP contribution in [0.4, 0.5) is 11.6 Å². The zero-order chi connectivity index (χ0) is 20.5. The second kappa shape index (κ2) is 7.76. The number of nitrogens with one attached hydrogen (secondary N) is 1. The number of fused-ring (bicyclic) bond motifs is 1. The Labute approximate surface area is 176 Å². The molecule has 3 heterocycles. The predicted molar refractivity (Wildman–Crippen MR) is 114 cm³/mol. The fourth-order valence-electron chi connectivity index (χ4n) is 2.97. The Bertz CT molecular complexity index is 1170. The smallest absolute Gasteiger partial charge is 0.224 e. The highest BCUT2D eigenvalue weighted by molar-refractivity contribution is 7.19. The zero-order valence-corrected chi connectivity index (χ0v) is 17.8. The molecule has 0 unspecified atom stereocenters. The number of anilines is 2. The van der Waals surface area contributed by atoms with Gasteiger partial charge in [-0.25, -0.2) is 9.97 Å². The molecule has 1 aromatic carbocycles. The van der Waals surface area contributed by atoms with Crippen molar-refractivity contribution in [1.82, 2.24) is 19.5 Å². The third-order valence-electron chi connectivity index (χ3n) is 4.24. The van der Waals surface area contributed by atoms with Gasteiger partial charge in [0.2, 0.25) is 11.0 Å². The summed E-state index contributed by atoms with van der Waals surface area (Å²) < 4.78 is 19.0. The summed E-state index contributed by atoms with van der Waals surface area (Å²) in [4.78, 5) is 14.1. The SMILES string of the molecule is COc1cc(-n2cnc(Nc3nc(Cl)nc4cc(C)sc34)c2)cc(OC)c1OC. The maximum absolute atomic E-state index is 6.07. The van der Waals surface area contributed by atoms with Crippen molar-refractivity contribution in [2.75, 3.05) is 26.6 Å². The normalized spacial score (nSPS) is 10.9. The number of halogens is 1. The lowest BCUT2D eigenvalue weighted by molar-refractivity contribution is 0.324. The summed E-state index contributed by atoms with van der Waals surface area (Å²) in [7, 11) is 4.73. The van der Waals surface area contributed by atoms with Crippen molar-refractivity contribution in [3.63, 3.8) is 0 Å². The Morgan fingerprint density at radius 2 is 1.76 bits per heavy atom. The second-order valence-electron chi connectivity index (χ2n) is 6.09. The van der Waals surface area contributed by atoms with Crippen molar-refractivity contribution >= 4 is 44.8 Å². The molecule has 4 aromatic rings. The van der Waals surface area contributed by atoms with Gasteiger partial charge in [0.05, 0.1) is 43.4 Å². The molecule has 29 heavy (non-hydrogen) atoms. The van der Waals surface area contributed by atoms with E-state index in [0.717, 1.165) is 20.8 Å². The van der Waals surface area contributed by atoms with Crippen LogP contribution in [0, 0.1) is 6.92 Å². The average Bonchev–Trinajstić information content (AvgIpc) is 3.32. The Hall–Kier alpha value is -3.04. The van der Waals surface area contributed by atoms with Gasteiger partial charge < -0.3 is 24.1 Å². The summed E-state index contributed by atoms with van der Waals surface area (Å²) in [6.45, 7) is 2.02. The van der Waals surface area contributed by atoms with Crippen LogP contribution in [0.3, 0.4) is 0 Å². The molecule has 0 atom stereocenters. The molecule has 3 aromatic heterocycles. The van der Waals surface area contributed by atoms with Gasteiger partial charge in [0.1, 0.15) is 12.1 Å². The van der Waals surface area contributed by atoms with Crippen molar-refractivity contribution in [2.24, 2.45) is 0 Å². The number of ether oxygens (including phenoxy) is 3. The molecule has 0 saturated carbocycles. The lowest BCUT2D eigenvalue weighted by atomic mass is 10.2. The van der Waals surface area contributed by atoms with E-state index in [1.807, 2.05) is 35.9 Å². The molecule has 8 nitrogen and oxygen atoms in total. The van der Waals surface area contributed by atoms with E-state index in [9.17, 15) is 0 Å². The molecule has 0 aliphatic carbocycles. The Kier molecular flexibility index (Phi) is 5.16. The van der Waals surface area contributed by atoms with Gasteiger partial charge in [-0.15, -0.1) is 11.3 Å². The molecule has 1 N–H and O–H groups in total. The number of aromatic nitrogens is 4. The van der Waals surface area contributed by atoms with Crippen LogP contribution in [0.15, 0.2) is 30.7 Å². The maximum atomic E-state index is 6.07. The van der Waals surface area contributed by atoms with Crippen LogP contribution in [0.5, 0.6) is 17.2 Å². The van der Waals surface area contributed by atoms with Gasteiger partial charge >= 0.3 is 0 Å². The number of thiophene rings is 1. The van der Waals surface area contributed by atoms with E-state index in [0.29, 0.717) is 28.9 Å². The lowest BCUT2D eigenvalue weighted by Crippen LogP contribution is -1.99. The third kappa shape index (κ3) is 3.66. The van der Waals surface area contributed by atoms with Gasteiger partial charge in [-0.2, -0.15) is 4.98 Å². The van der Waals surface area contributed by atoms with Crippen molar-refractivity contribution in [2.45, 2.75) is 6.92 Å². The van der Waals surface area contributed by atoms with Crippen LogP contribution < -0.4 is 19.5 Å². The number of imidazole rings is 1. The highest BCUT2D eigenvalue weighted by Crippen LogP contribution is 2.39. The Balaban J connectivity index is 1.70. The van der Waals surface area contributed by atoms with Crippen LogP contribution >= 0.6 is 22.9 Å². The van der Waals surface area contributed by atoms with Gasteiger partial charge in [0.15, 0.2) is 17.3 Å². The summed E-state index contributed by atoms with van der Waals surface area (Å²) in [5.41, 5.74) is 1.61. The van der Waals surface area contributed by atoms with Crippen molar-refractivity contribution in [3.8, 4) is 22.9 Å². The number of hydrogen-bond acceptors (Lipinski definition) is 8. The average molecular weight is 432 g/mol. The van der Waals surface area contributed by atoms with E-state index in [1.54, 1.807) is 39.0 Å². The first-order valence-electron chi connectivity index (χ1n) is 8.57. The van der Waals surface area contributed by atoms with E-state index < -0.39 is 0 Å². The number of nitrogens with zero attached hydrogens (tertiary/aromatic N) is 4. The predicted octanol–water partition coefficient (Wildman–Crippen LogP) is 4.61. The molecule has 4 rings (SSSR count). The molecular weight excluding hydrogens is 414 g/mol. The minimum atomic E-state index is 0.182. The number of hydrogen-bond donors (Lipinski definition) is 1. The zero-order valence-electron chi connectivity index (χ0n) is 16.2. The van der Waals surface area contributed by atoms with Crippen LogP contribution in [0.1, 0.15) is 4.88 Å². The molecule has 150 valence electrons. The van der Waals surface area contributed by atoms with Gasteiger partial charge in [-0.3, -0.25) is 0 Å². The van der Waals surface area contributed by atoms with Gasteiger partial charge in [-0.1, -0.05) is 0 Å². The molecule has 0 aliphatic rings. The monoisotopic (exact) mass is 431 g/mol. The van der Waals surface area contributed by atoms with E-state index in [1.165, 1.54) is 0 Å². The van der Waals surface area contributed by atoms with Gasteiger partial charge in [-0.05, 0) is 24.6 Å². The van der Waals surface area contributed by atoms with E-state index in [4.69, 9.17) is 25.8 Å². The highest BCUT2D eigenvalue weighted by atomic mass is 35.5. The highest BCUT2D eigenvalue weighted by Gasteiger charge is 2.15. The summed E-state index contributed by atoms with van der Waals surface area (Å²) in [5, 5.41) is 3.41. The van der Waals surface area contributed by atoms with Crippen LogP contribution in [-0.2, 0) is 0 Å². The number of benzene rings is 1. The van der Waals surface area contributed by atoms with E-state index in [2.05, 4.69) is 20.3 Å². The first-order chi connectivity index (χ1) is 14.0. The number of aryl methyl sites for hydroxylation is 1. The summed E-state index contributed by atoms with van der Waals surface area (Å²) in [6, 6.07) is 5.66. The first kappa shape index (κ1) is 19.3. The minimum Gasteiger partial charge on any atom is -0.493 e. The maximum Gasteiger partial charge on any atom is 0.224 e. The molecule has 0 saturated heterocycles. The topological polar surface area (TPSA) is 83.3 Å². The number of methoxy groups -OCH3 is 3. The Morgan fingerprint density at radius 1 is 1.03 bits per heavy atom. The fraction of sp³-hybridized carbons (Fsp3) is 0.211. The quantitative estimate of drug-likeness (QED) is 0.446. The molecule has 0 aliphatic heterocycles. The molecule has 0 bridgehead atoms. The van der Waals surface area contributed by atoms with Crippen LogP contribution in [-0.4, -0.2) is 40.8 Å². The lowest BCUT2D eigenvalue weighted by Gasteiger charge is -2.14. The fourth-order valence-corrected chi connectivity index (χ4v) is 4.04. The number of rotatable bonds is 6. The van der Waals surface area contributed by atoms with Crippen molar-refractivity contribution in [3.05, 3.63) is 40.9 Å². The van der Waals surface area contributed by atoms with Crippen molar-refractivity contribution < 1.29 is 14.2 Å². The van der Waals surface area contributed by atoms with Crippen LogP contribution in [0.25, 0.3) is 15.9 Å². The molecule has 0 radical (unpaired) electrons. The molecular formula is C19H18ClN5O3S. The molecule has 0 spiro atoms. The summed E-state index contributed by atoms with van der Waals surface area (Å²) >= 11 is 7.67. The van der Waals surface area contributed by atoms with Gasteiger partial charge in [0.25, 0.3) is 0 Å². The van der Waals surface area contributed by atoms with E-state index >= 15 is 0 Å². The van der Waals surface area contributed by atoms with E-state index in [-0.39, 0.29) is 5.28 Å². The minimum absolute atomic E-state index is 0.182. The molecule has 10 heteroatoms. The summed E-state index contributed by atoms with van der Waals surface area (Å²) in [6.07, 6.45) is 3.52. The largest absolute Gasteiger partial charge is 0.493 e. The first-order valence-corrected chi connectivity index (χ1v) is 9.77. The third-order valence-corrected chi connectivity index (χ3v) is 5.46.